The van der Waals surface area contributed by atoms with E-state index in [9.17, 15) is 4.79 Å². The average molecular weight is 181 g/mol. The van der Waals surface area contributed by atoms with E-state index < -0.39 is 5.97 Å². The van der Waals surface area contributed by atoms with Gasteiger partial charge in [-0.15, -0.1) is 0 Å². The van der Waals surface area contributed by atoms with Crippen LogP contribution in [0.15, 0.2) is 0 Å². The van der Waals surface area contributed by atoms with E-state index in [4.69, 9.17) is 5.11 Å². The van der Waals surface area contributed by atoms with Crippen molar-refractivity contribution in [3.8, 4) is 0 Å². The molecule has 1 aliphatic heterocycles. The van der Waals surface area contributed by atoms with Crippen LogP contribution in [0.1, 0.15) is 12.8 Å². The molecule has 1 saturated heterocycles. The van der Waals surface area contributed by atoms with Gasteiger partial charge in [0.2, 0.25) is 0 Å². The summed E-state index contributed by atoms with van der Waals surface area (Å²) in [4.78, 5) is 10.1. The minimum absolute atomic E-state index is 0. The van der Waals surface area contributed by atoms with E-state index in [-0.39, 0.29) is 25.5 Å². The second kappa shape index (κ2) is 3.96. The summed E-state index contributed by atoms with van der Waals surface area (Å²) in [5.41, 5.74) is 0. The van der Waals surface area contributed by atoms with Gasteiger partial charge in [-0.1, -0.05) is 0 Å². The van der Waals surface area contributed by atoms with Crippen molar-refractivity contribution in [2.45, 2.75) is 18.9 Å². The Labute approximate surface area is 66.6 Å². The van der Waals surface area contributed by atoms with Gasteiger partial charge in [0, 0.05) is 19.5 Å². The van der Waals surface area contributed by atoms with Crippen LogP contribution >= 0.6 is 0 Å². The van der Waals surface area contributed by atoms with Gasteiger partial charge in [-0.2, -0.15) is 0 Å². The smallest absolute Gasteiger partial charge is 0.320 e. The Kier molecular flexibility index (Phi) is 3.99. The molecule has 0 bridgehead atoms. The van der Waals surface area contributed by atoms with Crippen molar-refractivity contribution >= 4 is 5.97 Å². The zero-order chi connectivity index (χ0) is 5.98. The maximum absolute atomic E-state index is 10.1. The summed E-state index contributed by atoms with van der Waals surface area (Å²) in [5, 5.41) is 11.2. The van der Waals surface area contributed by atoms with Crippen molar-refractivity contribution in [2.75, 3.05) is 6.54 Å². The molecular weight excluding hydrogens is 171 g/mol. The summed E-state index contributed by atoms with van der Waals surface area (Å²) < 4.78 is 0. The monoisotopic (exact) mass is 179 g/mol. The van der Waals surface area contributed by atoms with Crippen LogP contribution in [0, 0.1) is 0 Å². The van der Waals surface area contributed by atoms with Gasteiger partial charge in [0.1, 0.15) is 6.04 Å². The van der Waals surface area contributed by atoms with Crippen molar-refractivity contribution in [3.63, 3.8) is 0 Å². The Morgan fingerprint density at radius 1 is 1.67 bits per heavy atom. The molecule has 1 aliphatic rings. The maximum atomic E-state index is 10.1. The second-order valence-corrected chi connectivity index (χ2v) is 1.99. The van der Waals surface area contributed by atoms with Gasteiger partial charge in [0.05, 0.1) is 0 Å². The third-order valence-electron chi connectivity index (χ3n) is 1.36. The van der Waals surface area contributed by atoms with Crippen LogP contribution < -0.4 is 5.32 Å². The number of carboxylic acid groups (broad SMARTS) is 1. The van der Waals surface area contributed by atoms with Gasteiger partial charge >= 0.3 is 5.97 Å². The predicted octanol–water partition coefficient (Wildman–Crippen LogP) is -0.179. The van der Waals surface area contributed by atoms with E-state index in [0.717, 1.165) is 19.4 Å². The molecule has 3 nitrogen and oxygen atoms in total. The third-order valence-corrected chi connectivity index (χ3v) is 1.36. The van der Waals surface area contributed by atoms with Gasteiger partial charge in [0.25, 0.3) is 0 Å². The van der Waals surface area contributed by atoms with E-state index in [1.807, 2.05) is 0 Å². The van der Waals surface area contributed by atoms with Crippen LogP contribution in [-0.2, 0) is 24.3 Å². The SMILES string of the molecule is O=C(O)C1CCCN1.[Zn]. The molecule has 0 aromatic carbocycles. The topological polar surface area (TPSA) is 49.3 Å². The molecule has 1 heterocycles. The molecule has 4 heteroatoms. The zero-order valence-corrected chi connectivity index (χ0v) is 8.23. The molecule has 0 amide bonds. The quantitative estimate of drug-likeness (QED) is 0.551. The fourth-order valence-corrected chi connectivity index (χ4v) is 0.895. The number of rotatable bonds is 1. The number of hydrogen-bond acceptors (Lipinski definition) is 2. The summed E-state index contributed by atoms with van der Waals surface area (Å²) in [6.07, 6.45) is 1.78. The van der Waals surface area contributed by atoms with Gasteiger partial charge < -0.3 is 10.4 Å². The van der Waals surface area contributed by atoms with E-state index in [0.29, 0.717) is 0 Å². The molecule has 0 radical (unpaired) electrons. The number of carboxylic acids is 1. The van der Waals surface area contributed by atoms with Crippen molar-refractivity contribution in [2.24, 2.45) is 0 Å². The second-order valence-electron chi connectivity index (χ2n) is 1.99. The first-order chi connectivity index (χ1) is 3.80. The van der Waals surface area contributed by atoms with Crippen LogP contribution in [0.5, 0.6) is 0 Å². The third kappa shape index (κ3) is 2.42. The van der Waals surface area contributed by atoms with E-state index in [1.54, 1.807) is 0 Å². The van der Waals surface area contributed by atoms with Crippen molar-refractivity contribution in [1.29, 1.82) is 0 Å². The molecule has 2 N–H and O–H groups in total. The van der Waals surface area contributed by atoms with Crippen LogP contribution in [0.25, 0.3) is 0 Å². The minimum Gasteiger partial charge on any atom is -0.480 e. The van der Waals surface area contributed by atoms with E-state index in [2.05, 4.69) is 5.32 Å². The molecule has 0 saturated carbocycles. The maximum Gasteiger partial charge on any atom is 0.320 e. The first kappa shape index (κ1) is 9.05. The van der Waals surface area contributed by atoms with Crippen LogP contribution in [-0.4, -0.2) is 23.7 Å². The summed E-state index contributed by atoms with van der Waals surface area (Å²) in [5.74, 6) is -0.720. The van der Waals surface area contributed by atoms with E-state index in [1.165, 1.54) is 0 Å². The first-order valence-electron chi connectivity index (χ1n) is 2.77. The Morgan fingerprint density at radius 2 is 2.33 bits per heavy atom. The summed E-state index contributed by atoms with van der Waals surface area (Å²) in [6.45, 7) is 0.858. The Bertz CT molecular complexity index is 101. The van der Waals surface area contributed by atoms with Crippen LogP contribution in [0.2, 0.25) is 0 Å². The van der Waals surface area contributed by atoms with Crippen molar-refractivity contribution in [1.82, 2.24) is 5.32 Å². The normalized spacial score (nSPS) is 25.1. The van der Waals surface area contributed by atoms with Crippen LogP contribution in [0.3, 0.4) is 0 Å². The molecule has 48 valence electrons. The number of hydrogen-bond donors (Lipinski definition) is 2. The van der Waals surface area contributed by atoms with Crippen molar-refractivity contribution < 1.29 is 29.4 Å². The molecule has 1 atom stereocenters. The molecule has 0 aliphatic carbocycles. The van der Waals surface area contributed by atoms with Gasteiger partial charge in [-0.25, -0.2) is 0 Å². The fraction of sp³-hybridized carbons (Fsp3) is 0.800. The average Bonchev–Trinajstić information content (AvgIpc) is 2.12. The summed E-state index contributed by atoms with van der Waals surface area (Å²) in [7, 11) is 0. The number of nitrogens with one attached hydrogen (secondary N) is 1. The summed E-state index contributed by atoms with van der Waals surface area (Å²) >= 11 is 0. The van der Waals surface area contributed by atoms with Gasteiger partial charge in [0.15, 0.2) is 0 Å². The Morgan fingerprint density at radius 3 is 2.56 bits per heavy atom. The molecule has 0 spiro atoms. The number of aliphatic carboxylic acids is 1. The largest absolute Gasteiger partial charge is 0.480 e. The first-order valence-corrected chi connectivity index (χ1v) is 2.77. The van der Waals surface area contributed by atoms with Crippen molar-refractivity contribution in [3.05, 3.63) is 0 Å². The molecule has 0 aromatic rings. The number of carbonyl (C=O) groups is 1. The Hall–Kier alpha value is 0.0534. The molecule has 1 unspecified atom stereocenters. The van der Waals surface area contributed by atoms with Gasteiger partial charge in [-0.3, -0.25) is 4.79 Å². The summed E-state index contributed by atoms with van der Waals surface area (Å²) in [6, 6.07) is -0.269. The van der Waals surface area contributed by atoms with E-state index >= 15 is 0 Å². The molecule has 9 heavy (non-hydrogen) atoms. The standard InChI is InChI=1S/C5H9NO2.Zn/c7-5(8)4-2-1-3-6-4;/h4,6H,1-3H2,(H,7,8);. The molecule has 1 fully saturated rings. The Balaban J connectivity index is 0.000000640. The minimum atomic E-state index is -0.720. The fourth-order valence-electron chi connectivity index (χ4n) is 0.895. The molecular formula is C5H9NO2Zn. The predicted molar refractivity (Wildman–Crippen MR) is 28.7 cm³/mol. The zero-order valence-electron chi connectivity index (χ0n) is 5.26. The van der Waals surface area contributed by atoms with Gasteiger partial charge in [-0.05, 0) is 19.4 Å². The molecule has 1 rings (SSSR count). The molecule has 0 aromatic heterocycles. The van der Waals surface area contributed by atoms with Crippen LogP contribution in [0.4, 0.5) is 0 Å².